The van der Waals surface area contributed by atoms with Crippen molar-refractivity contribution in [1.82, 2.24) is 14.6 Å². The molecule has 0 aliphatic carbocycles. The second-order valence-corrected chi connectivity index (χ2v) is 15.1. The molecule has 5 aromatic rings. The fraction of sp³-hybridized carbons (Fsp3) is 0.341. The highest BCUT2D eigenvalue weighted by molar-refractivity contribution is 7.89. The molecule has 0 bridgehead atoms. The van der Waals surface area contributed by atoms with Crippen LogP contribution in [0, 0.1) is 0 Å². The summed E-state index contributed by atoms with van der Waals surface area (Å²) < 4.78 is 43.2. The van der Waals surface area contributed by atoms with Crippen molar-refractivity contribution in [2.45, 2.75) is 74.6 Å². The lowest BCUT2D eigenvalue weighted by atomic mass is 9.83. The molecule has 2 aliphatic rings. The third-order valence-electron chi connectivity index (χ3n) is 9.96. The molecule has 0 amide bonds. The summed E-state index contributed by atoms with van der Waals surface area (Å²) in [6.07, 6.45) is 6.77. The molecule has 1 aromatic heterocycles. The number of ether oxygens (including phenoxy) is 2. The first-order valence-electron chi connectivity index (χ1n) is 17.7. The minimum Gasteiger partial charge on any atom is -0.392 e. The zero-order chi connectivity index (χ0) is 34.3. The summed E-state index contributed by atoms with van der Waals surface area (Å²) in [6.45, 7) is 3.03. The molecule has 4 atom stereocenters. The number of likely N-dealkylation sites (tertiary alicyclic amines) is 1. The van der Waals surface area contributed by atoms with E-state index in [1.807, 2.05) is 54.6 Å². The molecule has 8 nitrogen and oxygen atoms in total. The average Bonchev–Trinajstić information content (AvgIpc) is 3.15. The number of benzene rings is 4. The number of aromatic nitrogens is 1. The van der Waals surface area contributed by atoms with Gasteiger partial charge in [0.05, 0.1) is 24.3 Å². The third-order valence-corrected chi connectivity index (χ3v) is 11.4. The Labute approximate surface area is 295 Å². The van der Waals surface area contributed by atoms with E-state index in [0.717, 1.165) is 47.3 Å². The van der Waals surface area contributed by atoms with Gasteiger partial charge in [-0.25, -0.2) is 13.1 Å². The molecule has 1 unspecified atom stereocenters. The predicted octanol–water partition coefficient (Wildman–Crippen LogP) is 7.41. The van der Waals surface area contributed by atoms with Crippen molar-refractivity contribution in [3.05, 3.63) is 143 Å². The lowest BCUT2D eigenvalue weighted by Gasteiger charge is -2.44. The topological polar surface area (TPSA) is 101 Å². The lowest BCUT2D eigenvalue weighted by Crippen LogP contribution is -2.45. The molecule has 2 fully saturated rings. The van der Waals surface area contributed by atoms with Crippen molar-refractivity contribution in [3.63, 3.8) is 0 Å². The van der Waals surface area contributed by atoms with Crippen LogP contribution in [0.25, 0.3) is 10.9 Å². The molecule has 2 N–H and O–H groups in total. The molecule has 9 heteroatoms. The number of aliphatic hydroxyl groups excluding tert-OH is 1. The van der Waals surface area contributed by atoms with Crippen molar-refractivity contribution in [3.8, 4) is 0 Å². The Hall–Kier alpha value is -3.96. The molecular weight excluding hydrogens is 647 g/mol. The van der Waals surface area contributed by atoms with Gasteiger partial charge in [-0.1, -0.05) is 116 Å². The number of hydrogen-bond donors (Lipinski definition) is 2. The average molecular weight is 692 g/mol. The first-order chi connectivity index (χ1) is 24.5. The number of sulfonamides is 1. The maximum Gasteiger partial charge on any atom is 0.243 e. The third kappa shape index (κ3) is 7.99. The van der Waals surface area contributed by atoms with Crippen LogP contribution < -0.4 is 4.72 Å². The van der Waals surface area contributed by atoms with Gasteiger partial charge in [-0.2, -0.15) is 0 Å². The highest BCUT2D eigenvalue weighted by Gasteiger charge is 2.42. The Morgan fingerprint density at radius 2 is 1.40 bits per heavy atom. The molecule has 260 valence electrons. The minimum absolute atomic E-state index is 0.0153. The molecule has 0 radical (unpaired) electrons. The van der Waals surface area contributed by atoms with E-state index in [2.05, 4.69) is 51.0 Å². The van der Waals surface area contributed by atoms with Gasteiger partial charge in [0, 0.05) is 36.2 Å². The van der Waals surface area contributed by atoms with Gasteiger partial charge < -0.3 is 19.5 Å². The van der Waals surface area contributed by atoms with Crippen molar-refractivity contribution < 1.29 is 23.0 Å². The Kier molecular flexibility index (Phi) is 11.0. The summed E-state index contributed by atoms with van der Waals surface area (Å²) in [6, 6.07) is 35.1. The molecule has 4 aromatic carbocycles. The van der Waals surface area contributed by atoms with Crippen molar-refractivity contribution in [2.24, 2.45) is 0 Å². The summed E-state index contributed by atoms with van der Waals surface area (Å²) in [5.74, 6) is -0.0462. The summed E-state index contributed by atoms with van der Waals surface area (Å²) >= 11 is 0. The van der Waals surface area contributed by atoms with Gasteiger partial charge in [-0.05, 0) is 60.3 Å². The Morgan fingerprint density at radius 1 is 0.720 bits per heavy atom. The van der Waals surface area contributed by atoms with Gasteiger partial charge in [-0.15, -0.1) is 0 Å². The molecule has 0 spiro atoms. The van der Waals surface area contributed by atoms with Crippen molar-refractivity contribution in [1.29, 1.82) is 0 Å². The van der Waals surface area contributed by atoms with Crippen LogP contribution in [0.4, 0.5) is 0 Å². The molecule has 3 heterocycles. The van der Waals surface area contributed by atoms with Gasteiger partial charge in [0.1, 0.15) is 4.90 Å². The second kappa shape index (κ2) is 15.9. The number of pyridine rings is 1. The monoisotopic (exact) mass is 691 g/mol. The summed E-state index contributed by atoms with van der Waals surface area (Å²) in [4.78, 5) is 7.04. The highest BCUT2D eigenvalue weighted by Crippen LogP contribution is 2.47. The number of fused-ring (bicyclic) bond motifs is 1. The molecule has 7 rings (SSSR count). The fourth-order valence-corrected chi connectivity index (χ4v) is 8.45. The number of rotatable bonds is 10. The van der Waals surface area contributed by atoms with Crippen LogP contribution >= 0.6 is 0 Å². The van der Waals surface area contributed by atoms with E-state index in [1.54, 1.807) is 24.4 Å². The van der Waals surface area contributed by atoms with Gasteiger partial charge in [0.15, 0.2) is 6.29 Å². The van der Waals surface area contributed by atoms with E-state index >= 15 is 0 Å². The first-order valence-corrected chi connectivity index (χ1v) is 19.2. The van der Waals surface area contributed by atoms with Crippen LogP contribution in [0.1, 0.15) is 78.2 Å². The minimum atomic E-state index is -3.80. The van der Waals surface area contributed by atoms with E-state index in [9.17, 15) is 13.5 Å². The SMILES string of the molecule is O=S(=O)(NCc1ccc(C2O[C@H](CN3CCCCCCC3)[C@@H](c3ccccc3)[C@H](c3ccc(CO)cc3)O2)cc1)c1cccc2cccnc12. The van der Waals surface area contributed by atoms with Gasteiger partial charge in [-0.3, -0.25) is 4.98 Å². The number of nitrogens with one attached hydrogen (secondary N) is 1. The fourth-order valence-electron chi connectivity index (χ4n) is 7.26. The van der Waals surface area contributed by atoms with Crippen molar-refractivity contribution in [2.75, 3.05) is 19.6 Å². The molecule has 0 saturated carbocycles. The van der Waals surface area contributed by atoms with E-state index in [4.69, 9.17) is 9.47 Å². The zero-order valence-corrected chi connectivity index (χ0v) is 29.0. The molecule has 2 saturated heterocycles. The number of nitrogens with zero attached hydrogens (tertiary/aromatic N) is 2. The van der Waals surface area contributed by atoms with Crippen LogP contribution in [0.3, 0.4) is 0 Å². The number of para-hydroxylation sites is 1. The van der Waals surface area contributed by atoms with Crippen LogP contribution in [0.15, 0.2) is 120 Å². The van der Waals surface area contributed by atoms with E-state index in [0.29, 0.717) is 5.52 Å². The summed E-state index contributed by atoms with van der Waals surface area (Å²) in [7, 11) is -3.80. The Bertz CT molecular complexity index is 1940. The normalized spacial score (nSPS) is 22.2. The quantitative estimate of drug-likeness (QED) is 0.157. The maximum atomic E-state index is 13.3. The van der Waals surface area contributed by atoms with Crippen molar-refractivity contribution >= 4 is 20.9 Å². The molecular formula is C41H45N3O5S. The Morgan fingerprint density at radius 3 is 2.14 bits per heavy atom. The van der Waals surface area contributed by atoms with Gasteiger partial charge >= 0.3 is 0 Å². The largest absolute Gasteiger partial charge is 0.392 e. The van der Waals surface area contributed by atoms with E-state index in [1.165, 1.54) is 37.7 Å². The number of aliphatic hydroxyl groups is 1. The van der Waals surface area contributed by atoms with Crippen LogP contribution in [-0.2, 0) is 32.6 Å². The second-order valence-electron chi connectivity index (χ2n) is 13.4. The highest BCUT2D eigenvalue weighted by atomic mass is 32.2. The molecule has 2 aliphatic heterocycles. The van der Waals surface area contributed by atoms with E-state index in [-0.39, 0.29) is 36.2 Å². The van der Waals surface area contributed by atoms with Crippen LogP contribution in [0.2, 0.25) is 0 Å². The predicted molar refractivity (Wildman–Crippen MR) is 195 cm³/mol. The smallest absolute Gasteiger partial charge is 0.243 e. The zero-order valence-electron chi connectivity index (χ0n) is 28.2. The number of hydrogen-bond acceptors (Lipinski definition) is 7. The summed E-state index contributed by atoms with van der Waals surface area (Å²) in [5, 5.41) is 10.5. The van der Waals surface area contributed by atoms with E-state index < -0.39 is 16.3 Å². The van der Waals surface area contributed by atoms with Crippen LogP contribution in [-0.4, -0.2) is 49.1 Å². The molecule has 50 heavy (non-hydrogen) atoms. The Balaban J connectivity index is 1.15. The standard InChI is InChI=1S/C41H45N3O5S/c45-29-31-18-20-34(21-19-31)40-38(32-11-5-4-6-12-32)36(28-44-25-7-2-1-3-8-26-44)48-41(49-40)35-22-16-30(17-23-35)27-43-50(46,47)37-15-9-13-33-14-10-24-42-39(33)37/h4-6,9-24,36,38,40-41,43,45H,1-3,7-8,25-29H2/t36-,38-,40+,41?/m1/s1. The van der Waals surface area contributed by atoms with Gasteiger partial charge in [0.2, 0.25) is 10.0 Å². The lowest BCUT2D eigenvalue weighted by molar-refractivity contribution is -0.263. The van der Waals surface area contributed by atoms with Gasteiger partial charge in [0.25, 0.3) is 0 Å². The first kappa shape index (κ1) is 34.5. The van der Waals surface area contributed by atoms with Crippen LogP contribution in [0.5, 0.6) is 0 Å². The maximum absolute atomic E-state index is 13.3. The summed E-state index contributed by atoms with van der Waals surface area (Å²) in [5.41, 5.74) is 5.20.